The Hall–Kier alpha value is -4.15. The van der Waals surface area contributed by atoms with Crippen molar-refractivity contribution in [3.63, 3.8) is 0 Å². The largest absolute Gasteiger partial charge is 0.465 e. The van der Waals surface area contributed by atoms with Crippen molar-refractivity contribution in [3.05, 3.63) is 88.0 Å². The highest BCUT2D eigenvalue weighted by atomic mass is 19.4. The molecule has 0 fully saturated rings. The molecule has 0 bridgehead atoms. The fourth-order valence-electron chi connectivity index (χ4n) is 3.99. The third-order valence-electron chi connectivity index (χ3n) is 5.65. The molecule has 0 radical (unpaired) electrons. The number of halogens is 6. The molecule has 0 N–H and O–H groups in total. The van der Waals surface area contributed by atoms with E-state index in [4.69, 9.17) is 0 Å². The highest BCUT2D eigenvalue weighted by molar-refractivity contribution is 6.34. The lowest BCUT2D eigenvalue weighted by Gasteiger charge is -2.21. The van der Waals surface area contributed by atoms with Crippen LogP contribution in [0, 0.1) is 6.92 Å². The Morgan fingerprint density at radius 3 is 1.83 bits per heavy atom. The van der Waals surface area contributed by atoms with Crippen LogP contribution in [0.1, 0.15) is 47.8 Å². The third kappa shape index (κ3) is 4.21. The summed E-state index contributed by atoms with van der Waals surface area (Å²) in [5.41, 5.74) is -4.88. The number of methoxy groups -OCH3 is 1. The van der Waals surface area contributed by atoms with Crippen molar-refractivity contribution in [2.75, 3.05) is 12.0 Å². The molecule has 1 aliphatic heterocycles. The molecule has 0 unspecified atom stereocenters. The van der Waals surface area contributed by atoms with E-state index in [0.29, 0.717) is 11.0 Å². The van der Waals surface area contributed by atoms with E-state index in [-0.39, 0.29) is 22.3 Å². The van der Waals surface area contributed by atoms with Crippen LogP contribution in [-0.2, 0) is 17.1 Å². The Morgan fingerprint density at radius 2 is 1.25 bits per heavy atom. The summed E-state index contributed by atoms with van der Waals surface area (Å²) in [7, 11) is 1.10. The number of imide groups is 1. The molecule has 186 valence electrons. The molecule has 1 aliphatic rings. The molecule has 3 aromatic rings. The first-order valence-electron chi connectivity index (χ1n) is 10.2. The molecule has 3 aromatic carbocycles. The number of carbonyl (C=O) groups is 3. The quantitative estimate of drug-likeness (QED) is 0.238. The summed E-state index contributed by atoms with van der Waals surface area (Å²) in [6.07, 6.45) is -10.0. The topological polar surface area (TPSA) is 63.7 Å². The van der Waals surface area contributed by atoms with Crippen molar-refractivity contribution in [1.82, 2.24) is 0 Å². The van der Waals surface area contributed by atoms with Crippen LogP contribution in [0.3, 0.4) is 0 Å². The van der Waals surface area contributed by atoms with Crippen molar-refractivity contribution in [1.29, 1.82) is 0 Å². The minimum Gasteiger partial charge on any atom is -0.465 e. The number of fused-ring (bicyclic) bond motifs is 1. The van der Waals surface area contributed by atoms with Crippen LogP contribution in [0.15, 0.2) is 54.6 Å². The van der Waals surface area contributed by atoms with Crippen molar-refractivity contribution in [2.45, 2.75) is 19.3 Å². The zero-order chi connectivity index (χ0) is 26.6. The van der Waals surface area contributed by atoms with E-state index >= 15 is 0 Å². The van der Waals surface area contributed by atoms with E-state index in [1.54, 1.807) is 0 Å². The number of alkyl halides is 6. The van der Waals surface area contributed by atoms with Gasteiger partial charge in [-0.15, -0.1) is 0 Å². The van der Waals surface area contributed by atoms with E-state index in [1.165, 1.54) is 25.1 Å². The monoisotopic (exact) mass is 507 g/mol. The number of anilines is 1. The Morgan fingerprint density at radius 1 is 0.722 bits per heavy atom. The van der Waals surface area contributed by atoms with Gasteiger partial charge in [0.05, 0.1) is 40.6 Å². The van der Waals surface area contributed by atoms with Gasteiger partial charge >= 0.3 is 18.3 Å². The Bertz CT molecular complexity index is 1430. The molecule has 4 rings (SSSR count). The Balaban J connectivity index is 1.86. The second kappa shape index (κ2) is 8.51. The summed E-state index contributed by atoms with van der Waals surface area (Å²) in [4.78, 5) is 38.0. The summed E-state index contributed by atoms with van der Waals surface area (Å²) in [6.45, 7) is 1.38. The zero-order valence-corrected chi connectivity index (χ0v) is 18.5. The van der Waals surface area contributed by atoms with Crippen LogP contribution >= 0.6 is 0 Å². The number of hydrogen-bond acceptors (Lipinski definition) is 4. The number of hydrogen-bond donors (Lipinski definition) is 0. The van der Waals surface area contributed by atoms with Gasteiger partial charge < -0.3 is 4.74 Å². The van der Waals surface area contributed by atoms with Gasteiger partial charge in [-0.05, 0) is 54.4 Å². The van der Waals surface area contributed by atoms with Crippen LogP contribution in [0.25, 0.3) is 11.1 Å². The number of carbonyl (C=O) groups excluding carboxylic acids is 3. The molecule has 2 amide bonds. The van der Waals surface area contributed by atoms with Crippen molar-refractivity contribution < 1.29 is 45.5 Å². The maximum absolute atomic E-state index is 14.0. The predicted octanol–water partition coefficient (Wildman–Crippen LogP) is 6.29. The number of benzene rings is 3. The van der Waals surface area contributed by atoms with Crippen molar-refractivity contribution in [3.8, 4) is 11.1 Å². The molecule has 5 nitrogen and oxygen atoms in total. The lowest BCUT2D eigenvalue weighted by atomic mass is 9.93. The first-order chi connectivity index (χ1) is 16.7. The molecular weight excluding hydrogens is 492 g/mol. The smallest absolute Gasteiger partial charge is 0.417 e. The van der Waals surface area contributed by atoms with E-state index < -0.39 is 58.1 Å². The van der Waals surface area contributed by atoms with Gasteiger partial charge in [0.2, 0.25) is 0 Å². The van der Waals surface area contributed by atoms with Crippen LogP contribution < -0.4 is 4.90 Å². The first kappa shape index (κ1) is 25.0. The number of aryl methyl sites for hydroxylation is 1. The molecular formula is C25H15F6NO4. The SMILES string of the molecule is COC(=O)c1ccc2c(c1)C(=O)N(c1ccc(-c3ccc(C)cc3C(F)(F)F)c(C(F)(F)F)c1)C2=O. The number of nitrogens with zero attached hydrogens (tertiary/aromatic N) is 1. The van der Waals surface area contributed by atoms with Gasteiger partial charge in [0.1, 0.15) is 0 Å². The van der Waals surface area contributed by atoms with E-state index in [2.05, 4.69) is 4.74 Å². The van der Waals surface area contributed by atoms with Gasteiger partial charge in [0, 0.05) is 0 Å². The zero-order valence-electron chi connectivity index (χ0n) is 18.5. The minimum atomic E-state index is -5.12. The van der Waals surface area contributed by atoms with Gasteiger partial charge in [-0.2, -0.15) is 26.3 Å². The van der Waals surface area contributed by atoms with Gasteiger partial charge in [-0.3, -0.25) is 9.59 Å². The Labute approximate surface area is 199 Å². The average Bonchev–Trinajstić information content (AvgIpc) is 3.06. The molecule has 0 aliphatic carbocycles. The Kier molecular flexibility index (Phi) is 5.90. The van der Waals surface area contributed by atoms with Gasteiger partial charge in [0.25, 0.3) is 11.8 Å². The number of amides is 2. The molecule has 0 atom stereocenters. The summed E-state index contributed by atoms with van der Waals surface area (Å²) in [5, 5.41) is 0. The lowest BCUT2D eigenvalue weighted by molar-refractivity contribution is -0.139. The van der Waals surface area contributed by atoms with E-state index in [1.807, 2.05) is 0 Å². The van der Waals surface area contributed by atoms with Crippen LogP contribution in [-0.4, -0.2) is 24.9 Å². The third-order valence-corrected chi connectivity index (χ3v) is 5.65. The van der Waals surface area contributed by atoms with Crippen LogP contribution in [0.4, 0.5) is 32.0 Å². The number of esters is 1. The fraction of sp³-hybridized carbons (Fsp3) is 0.160. The molecule has 0 saturated carbocycles. The first-order valence-corrected chi connectivity index (χ1v) is 10.2. The lowest BCUT2D eigenvalue weighted by Crippen LogP contribution is -2.29. The molecule has 11 heteroatoms. The highest BCUT2D eigenvalue weighted by Gasteiger charge is 2.41. The summed E-state index contributed by atoms with van der Waals surface area (Å²) < 4.78 is 87.5. The van der Waals surface area contributed by atoms with E-state index in [9.17, 15) is 40.7 Å². The molecule has 1 heterocycles. The van der Waals surface area contributed by atoms with Crippen LogP contribution in [0.5, 0.6) is 0 Å². The van der Waals surface area contributed by atoms with Crippen molar-refractivity contribution >= 4 is 23.5 Å². The minimum absolute atomic E-state index is 0.0513. The average molecular weight is 507 g/mol. The maximum atomic E-state index is 14.0. The molecule has 0 spiro atoms. The van der Waals surface area contributed by atoms with Crippen molar-refractivity contribution in [2.24, 2.45) is 0 Å². The molecule has 0 saturated heterocycles. The van der Waals surface area contributed by atoms with Crippen LogP contribution in [0.2, 0.25) is 0 Å². The van der Waals surface area contributed by atoms with Gasteiger partial charge in [-0.1, -0.05) is 23.8 Å². The summed E-state index contributed by atoms with van der Waals surface area (Å²) in [6, 6.07) is 8.63. The molecule has 0 aromatic heterocycles. The number of rotatable bonds is 3. The maximum Gasteiger partial charge on any atom is 0.417 e. The van der Waals surface area contributed by atoms with Gasteiger partial charge in [-0.25, -0.2) is 9.69 Å². The summed E-state index contributed by atoms with van der Waals surface area (Å²) in [5.74, 6) is -2.73. The van der Waals surface area contributed by atoms with E-state index in [0.717, 1.165) is 37.4 Å². The fourth-order valence-corrected chi connectivity index (χ4v) is 3.99. The highest BCUT2D eigenvalue weighted by Crippen LogP contribution is 2.44. The summed E-state index contributed by atoms with van der Waals surface area (Å²) >= 11 is 0. The number of ether oxygens (including phenoxy) is 1. The second-order valence-electron chi connectivity index (χ2n) is 7.97. The molecule has 36 heavy (non-hydrogen) atoms. The second-order valence-corrected chi connectivity index (χ2v) is 7.97. The predicted molar refractivity (Wildman–Crippen MR) is 116 cm³/mol. The van der Waals surface area contributed by atoms with Gasteiger partial charge in [0.15, 0.2) is 0 Å². The normalized spacial score (nSPS) is 13.7. The standard InChI is InChI=1S/C25H15F6NO4/c1-12-3-6-15(19(9-12)24(26,27)28)16-8-5-14(11-20(16)25(29,30)31)32-21(33)17-7-4-13(23(35)36-2)10-18(17)22(32)34/h3-11H,1-2H3.